The van der Waals surface area contributed by atoms with E-state index < -0.39 is 49.2 Å². The molecule has 108 valence electrons. The van der Waals surface area contributed by atoms with E-state index >= 15 is 0 Å². The van der Waals surface area contributed by atoms with Gasteiger partial charge in [0, 0.05) is 13.1 Å². The summed E-state index contributed by atoms with van der Waals surface area (Å²) >= 11 is 0. The quantitative estimate of drug-likeness (QED) is 0.404. The number of carbonyl (C=O) groups is 3. The van der Waals surface area contributed by atoms with E-state index in [1.165, 1.54) is 0 Å². The van der Waals surface area contributed by atoms with Gasteiger partial charge in [-0.2, -0.15) is 26.3 Å². The average Bonchev–Trinajstić information content (AvgIpc) is 2.11. The molecule has 0 aliphatic carbocycles. The van der Waals surface area contributed by atoms with Crippen LogP contribution in [0, 0.1) is 5.92 Å². The van der Waals surface area contributed by atoms with E-state index in [-0.39, 0.29) is 4.90 Å². The molecule has 1 heterocycles. The number of hydrogen-bond acceptors (Lipinski definition) is 4. The molecular formula is C8H5F6NO4. The number of likely N-dealkylation sites (tertiary alicyclic amines) is 1. The number of alkyl halides is 6. The number of halogens is 6. The average molecular weight is 293 g/mol. The summed E-state index contributed by atoms with van der Waals surface area (Å²) in [4.78, 5) is 32.0. The highest BCUT2D eigenvalue weighted by atomic mass is 19.4. The molecule has 1 saturated heterocycles. The number of amides is 1. The summed E-state index contributed by atoms with van der Waals surface area (Å²) in [6.07, 6.45) is -10.5. The summed E-state index contributed by atoms with van der Waals surface area (Å²) in [6.45, 7) is -1.50. The Morgan fingerprint density at radius 3 is 1.79 bits per heavy atom. The van der Waals surface area contributed by atoms with Crippen LogP contribution >= 0.6 is 0 Å². The van der Waals surface area contributed by atoms with Crippen LogP contribution in [-0.4, -0.2) is 48.2 Å². The van der Waals surface area contributed by atoms with Crippen LogP contribution < -0.4 is 0 Å². The van der Waals surface area contributed by atoms with Gasteiger partial charge >= 0.3 is 30.2 Å². The zero-order chi connectivity index (χ0) is 15.0. The predicted molar refractivity (Wildman–Crippen MR) is 43.3 cm³/mol. The van der Waals surface area contributed by atoms with Crippen LogP contribution in [0.15, 0.2) is 0 Å². The maximum Gasteiger partial charge on any atom is 0.491 e. The van der Waals surface area contributed by atoms with Gasteiger partial charge in [-0.25, -0.2) is 4.79 Å². The lowest BCUT2D eigenvalue weighted by atomic mass is 10.0. The Morgan fingerprint density at radius 2 is 1.42 bits per heavy atom. The van der Waals surface area contributed by atoms with Gasteiger partial charge in [-0.3, -0.25) is 9.59 Å². The van der Waals surface area contributed by atoms with Gasteiger partial charge in [-0.15, -0.1) is 0 Å². The van der Waals surface area contributed by atoms with E-state index in [0.29, 0.717) is 0 Å². The Labute approximate surface area is 101 Å². The van der Waals surface area contributed by atoms with Crippen LogP contribution in [0.4, 0.5) is 26.3 Å². The van der Waals surface area contributed by atoms with Crippen LogP contribution in [0.2, 0.25) is 0 Å². The third-order valence-corrected chi connectivity index (χ3v) is 2.17. The van der Waals surface area contributed by atoms with Gasteiger partial charge in [0.05, 0.1) is 5.92 Å². The van der Waals surface area contributed by atoms with Gasteiger partial charge in [0.25, 0.3) is 0 Å². The molecule has 0 spiro atoms. The Morgan fingerprint density at radius 1 is 0.947 bits per heavy atom. The Kier molecular flexibility index (Phi) is 3.77. The maximum atomic E-state index is 11.9. The molecule has 0 N–H and O–H groups in total. The minimum absolute atomic E-state index is 0.212. The fourth-order valence-electron chi connectivity index (χ4n) is 1.21. The number of esters is 2. The van der Waals surface area contributed by atoms with Gasteiger partial charge in [0.15, 0.2) is 0 Å². The fourth-order valence-corrected chi connectivity index (χ4v) is 1.21. The molecule has 0 bridgehead atoms. The Bertz CT molecular complexity index is 408. The molecule has 5 nitrogen and oxygen atoms in total. The minimum atomic E-state index is -5.37. The topological polar surface area (TPSA) is 63.7 Å². The summed E-state index contributed by atoms with van der Waals surface area (Å²) in [5.41, 5.74) is 0. The Hall–Kier alpha value is -1.81. The lowest BCUT2D eigenvalue weighted by molar-refractivity contribution is -0.207. The molecule has 0 aromatic rings. The van der Waals surface area contributed by atoms with E-state index in [0.717, 1.165) is 0 Å². The van der Waals surface area contributed by atoms with E-state index in [2.05, 4.69) is 4.74 Å². The third-order valence-electron chi connectivity index (χ3n) is 2.17. The van der Waals surface area contributed by atoms with Crippen LogP contribution in [-0.2, 0) is 19.1 Å². The first-order valence-electron chi connectivity index (χ1n) is 4.62. The molecule has 1 aliphatic rings. The van der Waals surface area contributed by atoms with Crippen molar-refractivity contribution in [3.8, 4) is 0 Å². The molecule has 1 fully saturated rings. The van der Waals surface area contributed by atoms with Crippen molar-refractivity contribution in [3.05, 3.63) is 0 Å². The second-order valence-electron chi connectivity index (χ2n) is 3.61. The lowest BCUT2D eigenvalue weighted by Gasteiger charge is -2.37. The highest BCUT2D eigenvalue weighted by Gasteiger charge is 2.50. The SMILES string of the molecule is O=C(OC(=O)C(F)(F)F)C1CN(C(=O)C(F)(F)F)C1. The van der Waals surface area contributed by atoms with Crippen LogP contribution in [0.3, 0.4) is 0 Å². The smallest absolute Gasteiger partial charge is 0.386 e. The zero-order valence-electron chi connectivity index (χ0n) is 8.84. The maximum absolute atomic E-state index is 11.9. The van der Waals surface area contributed by atoms with Gasteiger partial charge in [-0.05, 0) is 0 Å². The van der Waals surface area contributed by atoms with E-state index in [9.17, 15) is 40.7 Å². The van der Waals surface area contributed by atoms with Crippen LogP contribution in [0.5, 0.6) is 0 Å². The standard InChI is InChI=1S/C8H5F6NO4/c9-7(10,11)5(17)15-1-3(2-15)4(16)19-6(18)8(12,13)14/h3H,1-2H2. The zero-order valence-corrected chi connectivity index (χ0v) is 8.84. The first-order chi connectivity index (χ1) is 8.43. The van der Waals surface area contributed by atoms with Crippen LogP contribution in [0.25, 0.3) is 0 Å². The molecule has 1 rings (SSSR count). The van der Waals surface area contributed by atoms with E-state index in [4.69, 9.17) is 0 Å². The molecule has 0 atom stereocenters. The van der Waals surface area contributed by atoms with Gasteiger partial charge in [0.1, 0.15) is 0 Å². The van der Waals surface area contributed by atoms with Gasteiger partial charge in [-0.1, -0.05) is 0 Å². The number of hydrogen-bond donors (Lipinski definition) is 0. The second kappa shape index (κ2) is 4.70. The van der Waals surface area contributed by atoms with Crippen molar-refractivity contribution in [2.45, 2.75) is 12.4 Å². The van der Waals surface area contributed by atoms with Crippen molar-refractivity contribution in [2.75, 3.05) is 13.1 Å². The summed E-state index contributed by atoms with van der Waals surface area (Å²) in [6, 6.07) is 0. The number of nitrogens with zero attached hydrogens (tertiary/aromatic N) is 1. The molecule has 1 aliphatic heterocycles. The first kappa shape index (κ1) is 15.2. The summed E-state index contributed by atoms with van der Waals surface area (Å²) in [5, 5.41) is 0. The van der Waals surface area contributed by atoms with Gasteiger partial charge < -0.3 is 9.64 Å². The highest BCUT2D eigenvalue weighted by Crippen LogP contribution is 2.26. The normalized spacial score (nSPS) is 16.8. The molecule has 0 aromatic heterocycles. The molecule has 0 aromatic carbocycles. The molecule has 11 heteroatoms. The van der Waals surface area contributed by atoms with Crippen molar-refractivity contribution in [3.63, 3.8) is 0 Å². The molecule has 0 unspecified atom stereocenters. The lowest BCUT2D eigenvalue weighted by Crippen LogP contribution is -2.57. The van der Waals surface area contributed by atoms with E-state index in [1.54, 1.807) is 0 Å². The van der Waals surface area contributed by atoms with Gasteiger partial charge in [0.2, 0.25) is 0 Å². The van der Waals surface area contributed by atoms with Crippen LogP contribution in [0.1, 0.15) is 0 Å². The molecular weight excluding hydrogens is 288 g/mol. The first-order valence-corrected chi connectivity index (χ1v) is 4.62. The fraction of sp³-hybridized carbons (Fsp3) is 0.625. The molecule has 19 heavy (non-hydrogen) atoms. The van der Waals surface area contributed by atoms with Crippen molar-refractivity contribution >= 4 is 17.8 Å². The number of carbonyl (C=O) groups excluding carboxylic acids is 3. The second-order valence-corrected chi connectivity index (χ2v) is 3.61. The molecule has 1 amide bonds. The third kappa shape index (κ3) is 3.58. The van der Waals surface area contributed by atoms with Crippen molar-refractivity contribution in [1.29, 1.82) is 0 Å². The number of ether oxygens (including phenoxy) is 1. The van der Waals surface area contributed by atoms with Crippen molar-refractivity contribution < 1.29 is 45.5 Å². The predicted octanol–water partition coefficient (Wildman–Crippen LogP) is 0.639. The van der Waals surface area contributed by atoms with Crippen molar-refractivity contribution in [1.82, 2.24) is 4.90 Å². The number of rotatable bonds is 1. The Balaban J connectivity index is 2.45. The summed E-state index contributed by atoms with van der Waals surface area (Å²) in [7, 11) is 0. The summed E-state index contributed by atoms with van der Waals surface area (Å²) in [5.74, 6) is -7.96. The highest BCUT2D eigenvalue weighted by molar-refractivity contribution is 5.91. The minimum Gasteiger partial charge on any atom is -0.386 e. The molecule has 0 saturated carbocycles. The van der Waals surface area contributed by atoms with Crippen molar-refractivity contribution in [2.24, 2.45) is 5.92 Å². The summed E-state index contributed by atoms with van der Waals surface area (Å²) < 4.78 is 74.3. The van der Waals surface area contributed by atoms with E-state index in [1.807, 2.05) is 0 Å². The largest absolute Gasteiger partial charge is 0.491 e. The monoisotopic (exact) mass is 293 g/mol. The molecule has 0 radical (unpaired) electrons.